The molecule has 2 heteroatoms. The second-order valence-corrected chi connectivity index (χ2v) is 3.39. The fraction of sp³-hybridized carbons (Fsp3) is 0.900. The van der Waals surface area contributed by atoms with Crippen molar-refractivity contribution >= 4 is 5.71 Å². The van der Waals surface area contributed by atoms with Crippen LogP contribution in [0.4, 0.5) is 0 Å². The Morgan fingerprint density at radius 1 is 1.08 bits per heavy atom. The molecule has 70 valence electrons. The highest BCUT2D eigenvalue weighted by molar-refractivity contribution is 5.83. The predicted octanol–water partition coefficient (Wildman–Crippen LogP) is 2.65. The Morgan fingerprint density at radius 2 is 1.67 bits per heavy atom. The van der Waals surface area contributed by atoms with Crippen molar-refractivity contribution in [3.8, 4) is 0 Å². The molecular formula is C10H20N2. The first-order valence-corrected chi connectivity index (χ1v) is 5.18. The van der Waals surface area contributed by atoms with E-state index in [2.05, 4.69) is 24.0 Å². The quantitative estimate of drug-likeness (QED) is 0.591. The van der Waals surface area contributed by atoms with Gasteiger partial charge < -0.3 is 0 Å². The highest BCUT2D eigenvalue weighted by atomic mass is 15.4. The number of piperidine rings is 1. The van der Waals surface area contributed by atoms with Crippen LogP contribution in [0.3, 0.4) is 0 Å². The van der Waals surface area contributed by atoms with Gasteiger partial charge in [0, 0.05) is 18.8 Å². The van der Waals surface area contributed by atoms with Crippen molar-refractivity contribution in [1.82, 2.24) is 5.01 Å². The first-order chi connectivity index (χ1) is 5.86. The van der Waals surface area contributed by atoms with E-state index in [0.717, 1.165) is 12.8 Å². The fourth-order valence-electron chi connectivity index (χ4n) is 1.57. The third-order valence-corrected chi connectivity index (χ3v) is 2.43. The first-order valence-electron chi connectivity index (χ1n) is 5.18. The smallest absolute Gasteiger partial charge is 0.0375 e. The molecule has 12 heavy (non-hydrogen) atoms. The van der Waals surface area contributed by atoms with Crippen molar-refractivity contribution in [1.29, 1.82) is 0 Å². The van der Waals surface area contributed by atoms with Gasteiger partial charge in [0.05, 0.1) is 0 Å². The second kappa shape index (κ2) is 5.18. The van der Waals surface area contributed by atoms with E-state index in [4.69, 9.17) is 0 Å². The van der Waals surface area contributed by atoms with Gasteiger partial charge in [0.25, 0.3) is 0 Å². The molecule has 2 nitrogen and oxygen atoms in total. The molecule has 1 aliphatic heterocycles. The molecule has 0 spiro atoms. The molecule has 1 fully saturated rings. The van der Waals surface area contributed by atoms with Crippen LogP contribution in [0.2, 0.25) is 0 Å². The summed E-state index contributed by atoms with van der Waals surface area (Å²) in [6.45, 7) is 6.71. The van der Waals surface area contributed by atoms with Crippen molar-refractivity contribution < 1.29 is 0 Å². The van der Waals surface area contributed by atoms with E-state index in [1.807, 2.05) is 0 Å². The van der Waals surface area contributed by atoms with Gasteiger partial charge in [-0.2, -0.15) is 5.10 Å². The van der Waals surface area contributed by atoms with Crippen LogP contribution in [0.5, 0.6) is 0 Å². The normalized spacial score (nSPS) is 17.7. The Balaban J connectivity index is 2.39. The molecule has 0 N–H and O–H groups in total. The van der Waals surface area contributed by atoms with Crippen LogP contribution >= 0.6 is 0 Å². The molecule has 1 rings (SSSR count). The molecule has 1 saturated heterocycles. The zero-order chi connectivity index (χ0) is 8.81. The van der Waals surface area contributed by atoms with Crippen LogP contribution < -0.4 is 0 Å². The zero-order valence-corrected chi connectivity index (χ0v) is 8.34. The van der Waals surface area contributed by atoms with Crippen LogP contribution in [0.25, 0.3) is 0 Å². The number of hydrazone groups is 1. The van der Waals surface area contributed by atoms with Gasteiger partial charge in [-0.1, -0.05) is 13.8 Å². The summed E-state index contributed by atoms with van der Waals surface area (Å²) in [5.41, 5.74) is 1.34. The van der Waals surface area contributed by atoms with Gasteiger partial charge in [-0.3, -0.25) is 5.01 Å². The number of hydrogen-bond donors (Lipinski definition) is 0. The number of hydrogen-bond acceptors (Lipinski definition) is 2. The maximum absolute atomic E-state index is 4.62. The highest BCUT2D eigenvalue weighted by Gasteiger charge is 2.07. The van der Waals surface area contributed by atoms with E-state index in [1.165, 1.54) is 38.1 Å². The Kier molecular flexibility index (Phi) is 4.12. The van der Waals surface area contributed by atoms with Crippen LogP contribution in [-0.2, 0) is 0 Å². The summed E-state index contributed by atoms with van der Waals surface area (Å²) in [7, 11) is 0. The summed E-state index contributed by atoms with van der Waals surface area (Å²) in [4.78, 5) is 0. The van der Waals surface area contributed by atoms with Crippen LogP contribution in [-0.4, -0.2) is 23.8 Å². The van der Waals surface area contributed by atoms with E-state index in [-0.39, 0.29) is 0 Å². The minimum atomic E-state index is 1.10. The molecule has 1 aliphatic rings. The third kappa shape index (κ3) is 2.84. The van der Waals surface area contributed by atoms with Crippen LogP contribution in [0.1, 0.15) is 46.0 Å². The fourth-order valence-corrected chi connectivity index (χ4v) is 1.57. The molecule has 0 radical (unpaired) electrons. The van der Waals surface area contributed by atoms with Crippen LogP contribution in [0.15, 0.2) is 5.10 Å². The molecule has 0 bridgehead atoms. The highest BCUT2D eigenvalue weighted by Crippen LogP contribution is 2.09. The first kappa shape index (κ1) is 9.56. The van der Waals surface area contributed by atoms with E-state index >= 15 is 0 Å². The van der Waals surface area contributed by atoms with Crippen molar-refractivity contribution in [3.05, 3.63) is 0 Å². The lowest BCUT2D eigenvalue weighted by Crippen LogP contribution is -2.25. The van der Waals surface area contributed by atoms with Crippen molar-refractivity contribution in [2.24, 2.45) is 5.10 Å². The Labute approximate surface area is 75.6 Å². The average Bonchev–Trinajstić information content (AvgIpc) is 2.16. The minimum absolute atomic E-state index is 1.10. The van der Waals surface area contributed by atoms with E-state index in [9.17, 15) is 0 Å². The lowest BCUT2D eigenvalue weighted by atomic mass is 10.2. The summed E-state index contributed by atoms with van der Waals surface area (Å²) in [5.74, 6) is 0. The number of rotatable bonds is 3. The second-order valence-electron chi connectivity index (χ2n) is 3.39. The Bertz CT molecular complexity index is 140. The summed E-state index contributed by atoms with van der Waals surface area (Å²) in [6.07, 6.45) is 6.24. The van der Waals surface area contributed by atoms with Crippen molar-refractivity contribution in [2.75, 3.05) is 13.1 Å². The topological polar surface area (TPSA) is 15.6 Å². The van der Waals surface area contributed by atoms with Gasteiger partial charge in [-0.15, -0.1) is 0 Å². The maximum Gasteiger partial charge on any atom is 0.0375 e. The minimum Gasteiger partial charge on any atom is -0.297 e. The van der Waals surface area contributed by atoms with Gasteiger partial charge in [0.15, 0.2) is 0 Å². The zero-order valence-electron chi connectivity index (χ0n) is 8.34. The molecule has 0 unspecified atom stereocenters. The molecular weight excluding hydrogens is 148 g/mol. The molecule has 0 aliphatic carbocycles. The lowest BCUT2D eigenvalue weighted by molar-refractivity contribution is 0.238. The summed E-state index contributed by atoms with van der Waals surface area (Å²) < 4.78 is 0. The van der Waals surface area contributed by atoms with Gasteiger partial charge >= 0.3 is 0 Å². The molecule has 1 heterocycles. The molecule has 0 atom stereocenters. The van der Waals surface area contributed by atoms with Gasteiger partial charge in [0.1, 0.15) is 0 Å². The van der Waals surface area contributed by atoms with Crippen molar-refractivity contribution in [2.45, 2.75) is 46.0 Å². The van der Waals surface area contributed by atoms with Crippen LogP contribution in [0, 0.1) is 0 Å². The van der Waals surface area contributed by atoms with Crippen molar-refractivity contribution in [3.63, 3.8) is 0 Å². The number of nitrogens with zero attached hydrogens (tertiary/aromatic N) is 2. The largest absolute Gasteiger partial charge is 0.297 e. The molecule has 0 aromatic heterocycles. The van der Waals surface area contributed by atoms with Gasteiger partial charge in [0.2, 0.25) is 0 Å². The Morgan fingerprint density at radius 3 is 2.17 bits per heavy atom. The monoisotopic (exact) mass is 168 g/mol. The van der Waals surface area contributed by atoms with Gasteiger partial charge in [-0.05, 0) is 32.1 Å². The summed E-state index contributed by atoms with van der Waals surface area (Å²) in [5, 5.41) is 6.86. The third-order valence-electron chi connectivity index (χ3n) is 2.43. The molecule has 0 aromatic carbocycles. The summed E-state index contributed by atoms with van der Waals surface area (Å²) in [6, 6.07) is 0. The average molecular weight is 168 g/mol. The van der Waals surface area contributed by atoms with Gasteiger partial charge in [-0.25, -0.2) is 0 Å². The predicted molar refractivity (Wildman–Crippen MR) is 53.4 cm³/mol. The maximum atomic E-state index is 4.62. The molecule has 0 amide bonds. The van der Waals surface area contributed by atoms with E-state index in [1.54, 1.807) is 0 Å². The Hall–Kier alpha value is -0.530. The molecule has 0 aromatic rings. The summed E-state index contributed by atoms with van der Waals surface area (Å²) >= 11 is 0. The van der Waals surface area contributed by atoms with E-state index in [0.29, 0.717) is 0 Å². The van der Waals surface area contributed by atoms with E-state index < -0.39 is 0 Å². The SMILES string of the molecule is CCC(CC)=NN1CCCCC1. The molecule has 0 saturated carbocycles. The lowest BCUT2D eigenvalue weighted by Gasteiger charge is -2.24. The standard InChI is InChI=1S/C10H20N2/c1-3-10(4-2)11-12-8-6-5-7-9-12/h3-9H2,1-2H3.